The Kier molecular flexibility index (Phi) is 7.14. The second kappa shape index (κ2) is 10.9. The number of aromatic nitrogens is 1. The molecule has 3 atom stereocenters. The molecule has 1 N–H and O–H groups in total. The van der Waals surface area contributed by atoms with Gasteiger partial charge < -0.3 is 14.8 Å². The van der Waals surface area contributed by atoms with Gasteiger partial charge in [0.1, 0.15) is 11.8 Å². The van der Waals surface area contributed by atoms with Gasteiger partial charge in [-0.05, 0) is 42.0 Å². The molecule has 2 aliphatic rings. The van der Waals surface area contributed by atoms with Crippen LogP contribution in [0.15, 0.2) is 88.7 Å². The number of carbonyl (C=O) groups is 3. The Bertz CT molecular complexity index is 1700. The fourth-order valence-electron chi connectivity index (χ4n) is 5.36. The predicted octanol–water partition coefficient (Wildman–Crippen LogP) is 4.36. The number of anilines is 2. The van der Waals surface area contributed by atoms with Gasteiger partial charge in [0.2, 0.25) is 17.7 Å². The van der Waals surface area contributed by atoms with Gasteiger partial charge in [-0.25, -0.2) is 4.90 Å². The van der Waals surface area contributed by atoms with Gasteiger partial charge in [-0.1, -0.05) is 65.6 Å². The third-order valence-electron chi connectivity index (χ3n) is 7.19. The van der Waals surface area contributed by atoms with E-state index in [0.717, 1.165) is 11.3 Å². The molecule has 0 unspecified atom stereocenters. The molecule has 2 aliphatic heterocycles. The lowest BCUT2D eigenvalue weighted by atomic mass is 9.83. The summed E-state index contributed by atoms with van der Waals surface area (Å²) in [5.41, 5.74) is 1.81. The lowest BCUT2D eigenvalue weighted by Gasteiger charge is -2.31. The van der Waals surface area contributed by atoms with Crippen molar-refractivity contribution < 1.29 is 23.9 Å². The molecular weight excluding hydrogens is 562 g/mol. The van der Waals surface area contributed by atoms with Crippen LogP contribution in [0.5, 0.6) is 11.5 Å². The molecule has 6 rings (SSSR count). The number of thioether (sulfide) groups is 1. The van der Waals surface area contributed by atoms with Crippen molar-refractivity contribution in [1.29, 1.82) is 0 Å². The summed E-state index contributed by atoms with van der Waals surface area (Å²) in [5.74, 6) is -1.46. The summed E-state index contributed by atoms with van der Waals surface area (Å²) in [6.07, 6.45) is 0. The summed E-state index contributed by atoms with van der Waals surface area (Å²) in [6.45, 7) is -0.229. The third-order valence-corrected chi connectivity index (χ3v) is 9.79. The van der Waals surface area contributed by atoms with E-state index in [2.05, 4.69) is 5.32 Å². The van der Waals surface area contributed by atoms with Crippen LogP contribution in [0.4, 0.5) is 11.4 Å². The number of thiazole rings is 1. The third kappa shape index (κ3) is 4.70. The van der Waals surface area contributed by atoms with Crippen molar-refractivity contribution >= 4 is 52.2 Å². The van der Waals surface area contributed by atoms with E-state index in [1.807, 2.05) is 18.2 Å². The average molecular weight is 588 g/mol. The van der Waals surface area contributed by atoms with Crippen LogP contribution < -0.4 is 24.6 Å². The second-order valence-corrected chi connectivity index (χ2v) is 11.7. The summed E-state index contributed by atoms with van der Waals surface area (Å²) in [6, 6.07) is 23.1. The molecule has 9 nitrogen and oxygen atoms in total. The Morgan fingerprint density at radius 1 is 0.878 bits per heavy atom. The van der Waals surface area contributed by atoms with Crippen LogP contribution in [0.2, 0.25) is 0 Å². The lowest BCUT2D eigenvalue weighted by molar-refractivity contribution is -0.122. The Morgan fingerprint density at radius 3 is 2.24 bits per heavy atom. The lowest BCUT2D eigenvalue weighted by Crippen LogP contribution is -2.33. The smallest absolute Gasteiger partial charge is 0.308 e. The Labute approximate surface area is 243 Å². The predicted molar refractivity (Wildman–Crippen MR) is 157 cm³/mol. The van der Waals surface area contributed by atoms with E-state index in [0.29, 0.717) is 38.3 Å². The monoisotopic (exact) mass is 587 g/mol. The molecule has 1 aromatic heterocycles. The number of rotatable bonds is 7. The van der Waals surface area contributed by atoms with Crippen LogP contribution >= 0.6 is 23.1 Å². The van der Waals surface area contributed by atoms with Gasteiger partial charge in [0.25, 0.3) is 0 Å². The molecule has 41 heavy (non-hydrogen) atoms. The van der Waals surface area contributed by atoms with Crippen molar-refractivity contribution in [3.63, 3.8) is 0 Å². The van der Waals surface area contributed by atoms with Crippen molar-refractivity contribution in [2.75, 3.05) is 24.4 Å². The number of nitrogens with zero attached hydrogens (tertiary/aromatic N) is 2. The molecule has 208 valence electrons. The number of carbonyl (C=O) groups excluding carboxylic acids is 3. The molecule has 3 amide bonds. The average Bonchev–Trinajstić information content (AvgIpc) is 3.43. The number of fused-ring (bicyclic) bond motifs is 2. The van der Waals surface area contributed by atoms with Crippen LogP contribution in [0.1, 0.15) is 16.4 Å². The van der Waals surface area contributed by atoms with Gasteiger partial charge in [0.15, 0.2) is 11.5 Å². The largest absolute Gasteiger partial charge is 0.493 e. The minimum absolute atomic E-state index is 0.229. The standard InChI is InChI=1S/C30H25N3O6S2/c1-38-20-14-13-17(15-21(20)39-2)23-24-25(28(36)33(27(24)35)19-11-7-4-8-12-19)40-29-26(23)41-30(37)32(29)16-22(34)31-18-9-5-3-6-10-18/h3-15,23-25H,16H2,1-2H3,(H,31,34)/t23-,24-,25+/m0/s1. The molecule has 4 aromatic rings. The van der Waals surface area contributed by atoms with Crippen LogP contribution in [0, 0.1) is 5.92 Å². The number of imide groups is 1. The van der Waals surface area contributed by atoms with Gasteiger partial charge in [0.05, 0.1) is 30.9 Å². The van der Waals surface area contributed by atoms with Gasteiger partial charge >= 0.3 is 4.87 Å². The second-order valence-electron chi connectivity index (χ2n) is 9.54. The number of hydrogen-bond donors (Lipinski definition) is 1. The number of hydrogen-bond acceptors (Lipinski definition) is 8. The molecule has 0 radical (unpaired) electrons. The molecular formula is C30H25N3O6S2. The van der Waals surface area contributed by atoms with Crippen molar-refractivity contribution in [2.24, 2.45) is 5.92 Å². The SMILES string of the molecule is COc1ccc([C@@H]2c3sc(=O)n(CC(=O)Nc4ccccc4)c3S[C@H]3C(=O)N(c4ccccc4)C(=O)[C@@H]23)cc1OC. The molecule has 3 aromatic carbocycles. The number of nitrogens with one attached hydrogen (secondary N) is 1. The number of methoxy groups -OCH3 is 2. The first-order valence-corrected chi connectivity index (χ1v) is 14.5. The highest BCUT2D eigenvalue weighted by atomic mass is 32.2. The topological polar surface area (TPSA) is 107 Å². The summed E-state index contributed by atoms with van der Waals surface area (Å²) in [5, 5.41) is 2.54. The zero-order valence-corrected chi connectivity index (χ0v) is 23.7. The van der Waals surface area contributed by atoms with Gasteiger partial charge in [0, 0.05) is 16.5 Å². The maximum atomic E-state index is 14.0. The van der Waals surface area contributed by atoms with Crippen molar-refractivity contribution in [2.45, 2.75) is 22.7 Å². The first-order chi connectivity index (χ1) is 19.9. The Hall–Kier alpha value is -4.35. The summed E-state index contributed by atoms with van der Waals surface area (Å²) in [4.78, 5) is 55.6. The van der Waals surface area contributed by atoms with Gasteiger partial charge in [-0.3, -0.25) is 23.7 Å². The maximum Gasteiger partial charge on any atom is 0.308 e. The molecule has 11 heteroatoms. The molecule has 0 spiro atoms. The summed E-state index contributed by atoms with van der Waals surface area (Å²) in [7, 11) is 3.06. The van der Waals surface area contributed by atoms with Crippen molar-refractivity contribution in [1.82, 2.24) is 4.57 Å². The zero-order valence-electron chi connectivity index (χ0n) is 22.1. The molecule has 3 heterocycles. The van der Waals surface area contributed by atoms with E-state index in [1.54, 1.807) is 60.7 Å². The Balaban J connectivity index is 1.45. The maximum absolute atomic E-state index is 14.0. The van der Waals surface area contributed by atoms with Crippen molar-refractivity contribution in [3.05, 3.63) is 99.0 Å². The highest BCUT2D eigenvalue weighted by molar-refractivity contribution is 8.00. The van der Waals surface area contributed by atoms with Crippen molar-refractivity contribution in [3.8, 4) is 11.5 Å². The minimum atomic E-state index is -0.786. The van der Waals surface area contributed by atoms with Gasteiger partial charge in [-0.2, -0.15) is 0 Å². The first kappa shape index (κ1) is 26.9. The summed E-state index contributed by atoms with van der Waals surface area (Å²) < 4.78 is 12.3. The fourth-order valence-corrected chi connectivity index (χ4v) is 8.13. The number of amides is 3. The van der Waals surface area contributed by atoms with Crippen LogP contribution in [-0.2, 0) is 20.9 Å². The van der Waals surface area contributed by atoms with E-state index in [9.17, 15) is 19.2 Å². The van der Waals surface area contributed by atoms with Crippen LogP contribution in [0.25, 0.3) is 0 Å². The minimum Gasteiger partial charge on any atom is -0.493 e. The molecule has 0 bridgehead atoms. The zero-order chi connectivity index (χ0) is 28.7. The molecule has 1 saturated heterocycles. The van der Waals surface area contributed by atoms with E-state index in [1.165, 1.54) is 35.4 Å². The van der Waals surface area contributed by atoms with Gasteiger partial charge in [-0.15, -0.1) is 0 Å². The van der Waals surface area contributed by atoms with Crippen LogP contribution in [-0.4, -0.2) is 41.8 Å². The molecule has 1 fully saturated rings. The fraction of sp³-hybridized carbons (Fsp3) is 0.200. The van der Waals surface area contributed by atoms with E-state index in [-0.39, 0.29) is 29.1 Å². The van der Waals surface area contributed by atoms with E-state index in [4.69, 9.17) is 9.47 Å². The Morgan fingerprint density at radius 2 is 1.56 bits per heavy atom. The van der Waals surface area contributed by atoms with E-state index >= 15 is 0 Å². The number of benzene rings is 3. The highest BCUT2D eigenvalue weighted by Crippen LogP contribution is 2.54. The molecule has 0 aliphatic carbocycles. The normalized spacial score (nSPS) is 19.5. The van der Waals surface area contributed by atoms with Crippen LogP contribution in [0.3, 0.4) is 0 Å². The summed E-state index contributed by atoms with van der Waals surface area (Å²) >= 11 is 2.17. The number of para-hydroxylation sites is 2. The van der Waals surface area contributed by atoms with E-state index < -0.39 is 17.1 Å². The quantitative estimate of drug-likeness (QED) is 0.320. The highest BCUT2D eigenvalue weighted by Gasteiger charge is 2.56. The molecule has 0 saturated carbocycles. The number of ether oxygens (including phenoxy) is 2. The first-order valence-electron chi connectivity index (χ1n) is 12.8.